The molecule has 7 rings (SSSR count). The summed E-state index contributed by atoms with van der Waals surface area (Å²) in [4.78, 5) is 27.8. The van der Waals surface area contributed by atoms with Gasteiger partial charge in [-0.2, -0.15) is 5.26 Å². The summed E-state index contributed by atoms with van der Waals surface area (Å²) in [6, 6.07) is 1.67. The molecule has 6 aliphatic carbocycles. The molecule has 0 radical (unpaired) electrons. The van der Waals surface area contributed by atoms with Crippen molar-refractivity contribution in [1.29, 1.82) is 5.26 Å². The molecule has 6 unspecified atom stereocenters. The van der Waals surface area contributed by atoms with Gasteiger partial charge in [0, 0.05) is 6.04 Å². The summed E-state index contributed by atoms with van der Waals surface area (Å²) in [5.74, 6) is 0.948. The van der Waals surface area contributed by atoms with E-state index in [9.17, 15) is 20.0 Å². The minimum Gasteiger partial charge on any atom is -0.480 e. The van der Waals surface area contributed by atoms with Crippen molar-refractivity contribution in [2.24, 2.45) is 40.2 Å². The van der Waals surface area contributed by atoms with E-state index < -0.39 is 17.6 Å². The summed E-state index contributed by atoms with van der Waals surface area (Å²) in [6.07, 6.45) is 9.67. The molecule has 6 saturated carbocycles. The minimum atomic E-state index is -0.830. The van der Waals surface area contributed by atoms with E-state index in [-0.39, 0.29) is 34.7 Å². The van der Waals surface area contributed by atoms with Crippen molar-refractivity contribution in [3.05, 3.63) is 0 Å². The zero-order valence-corrected chi connectivity index (χ0v) is 18.3. The summed E-state index contributed by atoms with van der Waals surface area (Å²) < 4.78 is 0. The number of amides is 1. The number of carboxylic acid groups (broad SMARTS) is 1. The van der Waals surface area contributed by atoms with E-state index in [2.05, 4.69) is 11.4 Å². The highest BCUT2D eigenvalue weighted by molar-refractivity contribution is 5.84. The SMILES string of the molecule is CNC1(C(=O)O)CC[C@H]1C12CC3C[C@H](CC([C@H](N)C(=O)N4C5CC5C[C@H]4C#N)(C3)C1)C2. The second-order valence-electron chi connectivity index (χ2n) is 12.0. The van der Waals surface area contributed by atoms with E-state index in [0.29, 0.717) is 24.2 Å². The Kier molecular flexibility index (Phi) is 4.02. The summed E-state index contributed by atoms with van der Waals surface area (Å²) in [5.41, 5.74) is 5.75. The number of rotatable bonds is 5. The number of likely N-dealkylation sites (tertiary alicyclic amines) is 1. The van der Waals surface area contributed by atoms with Crippen molar-refractivity contribution in [2.45, 2.75) is 87.9 Å². The Morgan fingerprint density at radius 1 is 1.19 bits per heavy atom. The van der Waals surface area contributed by atoms with Crippen LogP contribution < -0.4 is 11.1 Å². The Hall–Kier alpha value is -1.65. The molecule has 0 aromatic heterocycles. The Balaban J connectivity index is 1.32. The lowest BCUT2D eigenvalue weighted by atomic mass is 9.36. The van der Waals surface area contributed by atoms with Gasteiger partial charge in [-0.3, -0.25) is 9.59 Å². The fraction of sp³-hybridized carbons (Fsp3) is 0.875. The van der Waals surface area contributed by atoms with Gasteiger partial charge >= 0.3 is 5.97 Å². The molecule has 1 heterocycles. The number of nitrogens with one attached hydrogen (secondary N) is 1. The second-order valence-corrected chi connectivity index (χ2v) is 12.0. The van der Waals surface area contributed by atoms with E-state index in [1.807, 2.05) is 4.90 Å². The molecule has 10 atom stereocenters. The van der Waals surface area contributed by atoms with Crippen molar-refractivity contribution in [1.82, 2.24) is 10.2 Å². The van der Waals surface area contributed by atoms with E-state index in [1.165, 1.54) is 6.42 Å². The number of nitrogens with zero attached hydrogens (tertiary/aromatic N) is 2. The standard InChI is InChI=1S/C24H34N4O3/c1-27-24(21(30)31)3-2-18(24)22-7-13-4-14(8-22)10-23(9-13,12-22)19(26)20(29)28-16(11-25)5-15-6-17(15)28/h13-19,27H,2-10,12,26H2,1H3,(H,30,31)/t13-,14?,15?,16-,17?,18-,19+,22?,23?,24?/m0/s1. The minimum absolute atomic E-state index is 0.0135. The first kappa shape index (κ1) is 20.0. The van der Waals surface area contributed by atoms with Crippen LogP contribution in [-0.4, -0.2) is 52.6 Å². The molecule has 0 aromatic carbocycles. The predicted octanol–water partition coefficient (Wildman–Crippen LogP) is 1.87. The van der Waals surface area contributed by atoms with Gasteiger partial charge in [0.15, 0.2) is 0 Å². The van der Waals surface area contributed by atoms with Crippen LogP contribution in [0, 0.1) is 45.8 Å². The molecule has 0 spiro atoms. The molecule has 4 bridgehead atoms. The van der Waals surface area contributed by atoms with Gasteiger partial charge in [0.25, 0.3) is 0 Å². The highest BCUT2D eigenvalue weighted by atomic mass is 16.4. The Bertz CT molecular complexity index is 865. The fourth-order valence-corrected chi connectivity index (χ4v) is 9.56. The first-order valence-corrected chi connectivity index (χ1v) is 12.2. The van der Waals surface area contributed by atoms with Gasteiger partial charge in [0.1, 0.15) is 11.6 Å². The highest BCUT2D eigenvalue weighted by Crippen LogP contribution is 2.71. The first-order valence-electron chi connectivity index (χ1n) is 12.2. The smallest absolute Gasteiger partial charge is 0.324 e. The Morgan fingerprint density at radius 3 is 2.45 bits per heavy atom. The van der Waals surface area contributed by atoms with Crippen LogP contribution in [0.4, 0.5) is 0 Å². The van der Waals surface area contributed by atoms with Crippen LogP contribution >= 0.6 is 0 Å². The molecule has 7 aliphatic rings. The molecule has 7 heteroatoms. The van der Waals surface area contributed by atoms with Gasteiger partial charge in [-0.25, -0.2) is 0 Å². The maximum atomic E-state index is 13.7. The summed E-state index contributed by atoms with van der Waals surface area (Å²) >= 11 is 0. The molecular weight excluding hydrogens is 392 g/mol. The molecule has 7 fully saturated rings. The summed E-state index contributed by atoms with van der Waals surface area (Å²) in [6.45, 7) is 0. The zero-order valence-electron chi connectivity index (χ0n) is 18.3. The van der Waals surface area contributed by atoms with Crippen LogP contribution in [0.15, 0.2) is 0 Å². The number of piperidine rings is 1. The van der Waals surface area contributed by atoms with Gasteiger partial charge in [-0.15, -0.1) is 0 Å². The van der Waals surface area contributed by atoms with E-state index in [4.69, 9.17) is 5.73 Å². The lowest BCUT2D eigenvalue weighted by Crippen LogP contribution is -2.71. The van der Waals surface area contributed by atoms with Crippen molar-refractivity contribution in [3.63, 3.8) is 0 Å². The van der Waals surface area contributed by atoms with Crippen molar-refractivity contribution in [2.75, 3.05) is 7.05 Å². The van der Waals surface area contributed by atoms with Crippen molar-refractivity contribution < 1.29 is 14.7 Å². The third-order valence-corrected chi connectivity index (χ3v) is 10.6. The Labute approximate surface area is 183 Å². The molecule has 1 saturated heterocycles. The summed E-state index contributed by atoms with van der Waals surface area (Å²) in [5, 5.41) is 22.8. The molecule has 0 aromatic rings. The number of carbonyl (C=O) groups excluding carboxylic acids is 1. The van der Waals surface area contributed by atoms with Crippen LogP contribution in [-0.2, 0) is 9.59 Å². The topological polar surface area (TPSA) is 119 Å². The zero-order chi connectivity index (χ0) is 21.8. The van der Waals surface area contributed by atoms with E-state index in [0.717, 1.165) is 51.4 Å². The molecule has 1 amide bonds. The van der Waals surface area contributed by atoms with E-state index >= 15 is 0 Å². The maximum Gasteiger partial charge on any atom is 0.324 e. The molecule has 7 nitrogen and oxygen atoms in total. The van der Waals surface area contributed by atoms with Crippen molar-refractivity contribution >= 4 is 11.9 Å². The average molecular weight is 427 g/mol. The van der Waals surface area contributed by atoms with Gasteiger partial charge in [-0.05, 0) is 106 Å². The molecule has 168 valence electrons. The quantitative estimate of drug-likeness (QED) is 0.617. The van der Waals surface area contributed by atoms with Gasteiger partial charge in [0.05, 0.1) is 12.1 Å². The number of hydrogen-bond acceptors (Lipinski definition) is 5. The number of carboxylic acids is 1. The number of aliphatic carboxylic acids is 1. The third-order valence-electron chi connectivity index (χ3n) is 10.6. The predicted molar refractivity (Wildman–Crippen MR) is 112 cm³/mol. The lowest BCUT2D eigenvalue weighted by molar-refractivity contribution is -0.196. The number of fused-ring (bicyclic) bond motifs is 1. The van der Waals surface area contributed by atoms with Gasteiger partial charge < -0.3 is 21.1 Å². The van der Waals surface area contributed by atoms with Crippen LogP contribution in [0.2, 0.25) is 0 Å². The first-order chi connectivity index (χ1) is 14.8. The third kappa shape index (κ3) is 2.47. The van der Waals surface area contributed by atoms with Crippen LogP contribution in [0.25, 0.3) is 0 Å². The van der Waals surface area contributed by atoms with E-state index in [1.54, 1.807) is 7.05 Å². The lowest BCUT2D eigenvalue weighted by Gasteiger charge is -2.69. The normalized spacial score (nSPS) is 52.2. The average Bonchev–Trinajstić information content (AvgIpc) is 3.35. The monoisotopic (exact) mass is 426 g/mol. The van der Waals surface area contributed by atoms with Gasteiger partial charge in [-0.1, -0.05) is 0 Å². The van der Waals surface area contributed by atoms with Crippen LogP contribution in [0.1, 0.15) is 64.2 Å². The maximum absolute atomic E-state index is 13.7. The number of nitriles is 1. The fourth-order valence-electron chi connectivity index (χ4n) is 9.56. The molecular formula is C24H34N4O3. The largest absolute Gasteiger partial charge is 0.480 e. The van der Waals surface area contributed by atoms with Gasteiger partial charge in [0.2, 0.25) is 5.91 Å². The number of hydrogen-bond donors (Lipinski definition) is 3. The number of likely N-dealkylation sites (N-methyl/N-ethyl adjacent to an activating group) is 1. The van der Waals surface area contributed by atoms with Crippen LogP contribution in [0.3, 0.4) is 0 Å². The highest BCUT2D eigenvalue weighted by Gasteiger charge is 2.69. The number of nitrogens with two attached hydrogens (primary N) is 1. The summed E-state index contributed by atoms with van der Waals surface area (Å²) in [7, 11) is 1.78. The second kappa shape index (κ2) is 6.23. The molecule has 31 heavy (non-hydrogen) atoms. The number of carbonyl (C=O) groups is 2. The Morgan fingerprint density at radius 2 is 1.90 bits per heavy atom. The molecule has 4 N–H and O–H groups in total. The molecule has 1 aliphatic heterocycles. The van der Waals surface area contributed by atoms with Crippen LogP contribution in [0.5, 0.6) is 0 Å². The van der Waals surface area contributed by atoms with Crippen molar-refractivity contribution in [3.8, 4) is 6.07 Å².